The maximum atomic E-state index is 11.2. The largest absolute Gasteiger partial charge is 0.463 e. The van der Waals surface area contributed by atoms with E-state index in [0.717, 1.165) is 0 Å². The molecule has 1 atom stereocenters. The van der Waals surface area contributed by atoms with Crippen molar-refractivity contribution < 1.29 is 13.9 Å². The average Bonchev–Trinajstić information content (AvgIpc) is 2.97. The Morgan fingerprint density at radius 2 is 2.38 bits per heavy atom. The summed E-state index contributed by atoms with van der Waals surface area (Å²) in [6.07, 6.45) is 3.53. The number of rotatable bonds is 3. The summed E-state index contributed by atoms with van der Waals surface area (Å²) in [5.41, 5.74) is 0. The molecule has 2 heterocycles. The van der Waals surface area contributed by atoms with Gasteiger partial charge in [0.05, 0.1) is 7.11 Å². The fourth-order valence-electron chi connectivity index (χ4n) is 1.43. The third-order valence-corrected chi connectivity index (χ3v) is 2.35. The number of nitrogens with zero attached hydrogens (tertiary/aromatic N) is 2. The minimum atomic E-state index is -0.473. The van der Waals surface area contributed by atoms with Crippen molar-refractivity contribution >= 4 is 5.97 Å². The van der Waals surface area contributed by atoms with E-state index >= 15 is 0 Å². The van der Waals surface area contributed by atoms with Crippen molar-refractivity contribution in [2.45, 2.75) is 13.0 Å². The van der Waals surface area contributed by atoms with E-state index in [0.29, 0.717) is 5.76 Å². The molecule has 0 aliphatic heterocycles. The average molecular weight is 220 g/mol. The SMILES string of the molecule is COC(=O)c1ccc(C(C)n2cccn2)o1. The van der Waals surface area contributed by atoms with Crippen molar-refractivity contribution in [3.8, 4) is 0 Å². The molecule has 0 N–H and O–H groups in total. The van der Waals surface area contributed by atoms with Gasteiger partial charge in [-0.2, -0.15) is 5.10 Å². The number of aromatic nitrogens is 2. The Morgan fingerprint density at radius 3 is 3.00 bits per heavy atom. The van der Waals surface area contributed by atoms with Crippen LogP contribution in [-0.2, 0) is 4.74 Å². The van der Waals surface area contributed by atoms with Crippen LogP contribution < -0.4 is 0 Å². The molecule has 0 radical (unpaired) electrons. The molecule has 0 spiro atoms. The highest BCUT2D eigenvalue weighted by atomic mass is 16.5. The van der Waals surface area contributed by atoms with Gasteiger partial charge in [0.15, 0.2) is 0 Å². The van der Waals surface area contributed by atoms with Gasteiger partial charge in [-0.1, -0.05) is 0 Å². The fraction of sp³-hybridized carbons (Fsp3) is 0.273. The third kappa shape index (κ3) is 1.84. The van der Waals surface area contributed by atoms with Gasteiger partial charge in [0.2, 0.25) is 5.76 Å². The summed E-state index contributed by atoms with van der Waals surface area (Å²) >= 11 is 0. The van der Waals surface area contributed by atoms with Crippen LogP contribution in [0, 0.1) is 0 Å². The maximum Gasteiger partial charge on any atom is 0.373 e. The Labute approximate surface area is 92.6 Å². The maximum absolute atomic E-state index is 11.2. The summed E-state index contributed by atoms with van der Waals surface area (Å²) in [6.45, 7) is 1.94. The second-order valence-corrected chi connectivity index (χ2v) is 3.36. The smallest absolute Gasteiger partial charge is 0.373 e. The molecular formula is C11H12N2O3. The van der Waals surface area contributed by atoms with Gasteiger partial charge in [-0.3, -0.25) is 4.68 Å². The molecule has 0 aliphatic rings. The second-order valence-electron chi connectivity index (χ2n) is 3.36. The zero-order valence-corrected chi connectivity index (χ0v) is 9.08. The zero-order valence-electron chi connectivity index (χ0n) is 9.08. The van der Waals surface area contributed by atoms with Gasteiger partial charge < -0.3 is 9.15 Å². The lowest BCUT2D eigenvalue weighted by Gasteiger charge is -2.08. The highest BCUT2D eigenvalue weighted by molar-refractivity contribution is 5.86. The molecule has 5 heteroatoms. The first-order valence-corrected chi connectivity index (χ1v) is 4.89. The normalized spacial score (nSPS) is 12.4. The van der Waals surface area contributed by atoms with E-state index in [9.17, 15) is 4.79 Å². The molecule has 0 saturated carbocycles. The standard InChI is InChI=1S/C11H12N2O3/c1-8(13-7-3-6-12-13)9-4-5-10(16-9)11(14)15-2/h3-8H,1-2H3. The Kier molecular flexibility index (Phi) is 2.76. The molecule has 5 nitrogen and oxygen atoms in total. The van der Waals surface area contributed by atoms with E-state index in [1.807, 2.05) is 19.2 Å². The fourth-order valence-corrected chi connectivity index (χ4v) is 1.43. The summed E-state index contributed by atoms with van der Waals surface area (Å²) in [6, 6.07) is 5.13. The first-order chi connectivity index (χ1) is 7.72. The molecule has 0 aromatic carbocycles. The topological polar surface area (TPSA) is 57.3 Å². The predicted octanol–water partition coefficient (Wildman–Crippen LogP) is 1.87. The van der Waals surface area contributed by atoms with Gasteiger partial charge >= 0.3 is 5.97 Å². The van der Waals surface area contributed by atoms with Crippen LogP contribution in [0.25, 0.3) is 0 Å². The van der Waals surface area contributed by atoms with Crippen LogP contribution >= 0.6 is 0 Å². The van der Waals surface area contributed by atoms with Gasteiger partial charge in [-0.25, -0.2) is 4.79 Å². The molecule has 2 rings (SSSR count). The minimum absolute atomic E-state index is 0.0478. The number of hydrogen-bond acceptors (Lipinski definition) is 4. The van der Waals surface area contributed by atoms with Crippen molar-refractivity contribution in [2.75, 3.05) is 7.11 Å². The zero-order chi connectivity index (χ0) is 11.5. The summed E-state index contributed by atoms with van der Waals surface area (Å²) in [5.74, 6) is 0.402. The van der Waals surface area contributed by atoms with E-state index in [4.69, 9.17) is 4.42 Å². The van der Waals surface area contributed by atoms with Crippen molar-refractivity contribution in [2.24, 2.45) is 0 Å². The van der Waals surface area contributed by atoms with Crippen molar-refractivity contribution in [1.82, 2.24) is 9.78 Å². The Bertz CT molecular complexity index is 473. The van der Waals surface area contributed by atoms with Gasteiger partial charge in [-0.15, -0.1) is 0 Å². The van der Waals surface area contributed by atoms with E-state index in [1.165, 1.54) is 7.11 Å². The molecule has 0 saturated heterocycles. The highest BCUT2D eigenvalue weighted by Crippen LogP contribution is 2.19. The van der Waals surface area contributed by atoms with Crippen molar-refractivity contribution in [3.05, 3.63) is 42.1 Å². The lowest BCUT2D eigenvalue weighted by atomic mass is 10.2. The quantitative estimate of drug-likeness (QED) is 0.741. The lowest BCUT2D eigenvalue weighted by Crippen LogP contribution is -2.06. The molecule has 1 unspecified atom stereocenters. The second kappa shape index (κ2) is 4.22. The van der Waals surface area contributed by atoms with E-state index < -0.39 is 5.97 Å². The highest BCUT2D eigenvalue weighted by Gasteiger charge is 2.16. The molecule has 0 fully saturated rings. The lowest BCUT2D eigenvalue weighted by molar-refractivity contribution is 0.0562. The Balaban J connectivity index is 2.22. The van der Waals surface area contributed by atoms with E-state index in [2.05, 4.69) is 9.84 Å². The van der Waals surface area contributed by atoms with Gasteiger partial charge in [0, 0.05) is 12.4 Å². The van der Waals surface area contributed by atoms with Crippen LogP contribution in [0.4, 0.5) is 0 Å². The molecule has 16 heavy (non-hydrogen) atoms. The number of methoxy groups -OCH3 is 1. The number of carbonyl (C=O) groups is 1. The van der Waals surface area contributed by atoms with Crippen LogP contribution in [0.5, 0.6) is 0 Å². The molecule has 84 valence electrons. The Hall–Kier alpha value is -2.04. The first kappa shape index (κ1) is 10.5. The molecular weight excluding hydrogens is 208 g/mol. The summed E-state index contributed by atoms with van der Waals surface area (Å²) in [4.78, 5) is 11.2. The van der Waals surface area contributed by atoms with E-state index in [-0.39, 0.29) is 11.8 Å². The molecule has 0 amide bonds. The first-order valence-electron chi connectivity index (χ1n) is 4.89. The van der Waals surface area contributed by atoms with Crippen LogP contribution in [0.15, 0.2) is 35.0 Å². The molecule has 2 aromatic rings. The number of esters is 1. The van der Waals surface area contributed by atoms with Crippen LogP contribution in [0.2, 0.25) is 0 Å². The number of furan rings is 1. The number of ether oxygens (including phenoxy) is 1. The van der Waals surface area contributed by atoms with Gasteiger partial charge in [0.1, 0.15) is 11.8 Å². The van der Waals surface area contributed by atoms with E-state index in [1.54, 1.807) is 23.0 Å². The predicted molar refractivity (Wildman–Crippen MR) is 56.1 cm³/mol. The Morgan fingerprint density at radius 1 is 1.56 bits per heavy atom. The monoisotopic (exact) mass is 220 g/mol. The molecule has 2 aromatic heterocycles. The number of hydrogen-bond donors (Lipinski definition) is 0. The summed E-state index contributed by atoms with van der Waals surface area (Å²) in [7, 11) is 1.32. The van der Waals surface area contributed by atoms with Gasteiger partial charge in [0.25, 0.3) is 0 Å². The van der Waals surface area contributed by atoms with Crippen molar-refractivity contribution in [3.63, 3.8) is 0 Å². The summed E-state index contributed by atoms with van der Waals surface area (Å²) < 4.78 is 11.7. The van der Waals surface area contributed by atoms with Crippen molar-refractivity contribution in [1.29, 1.82) is 0 Å². The molecule has 0 aliphatic carbocycles. The summed E-state index contributed by atoms with van der Waals surface area (Å²) in [5, 5.41) is 4.11. The van der Waals surface area contributed by atoms with Crippen LogP contribution in [0.1, 0.15) is 29.3 Å². The molecule has 0 bridgehead atoms. The van der Waals surface area contributed by atoms with Crippen LogP contribution in [-0.4, -0.2) is 22.9 Å². The van der Waals surface area contributed by atoms with Crippen LogP contribution in [0.3, 0.4) is 0 Å². The number of carbonyl (C=O) groups excluding carboxylic acids is 1. The minimum Gasteiger partial charge on any atom is -0.463 e. The van der Waals surface area contributed by atoms with Gasteiger partial charge in [-0.05, 0) is 25.1 Å². The third-order valence-electron chi connectivity index (χ3n) is 2.35.